The summed E-state index contributed by atoms with van der Waals surface area (Å²) in [6, 6.07) is 17.3. The molecular formula is C23H21ClN2O4S. The quantitative estimate of drug-likeness (QED) is 0.387. The third kappa shape index (κ3) is 4.90. The van der Waals surface area contributed by atoms with Gasteiger partial charge in [0.05, 0.1) is 33.4 Å². The lowest BCUT2D eigenvalue weighted by molar-refractivity contribution is 0.102. The highest BCUT2D eigenvalue weighted by Gasteiger charge is 2.26. The molecule has 3 aromatic carbocycles. The highest BCUT2D eigenvalue weighted by Crippen LogP contribution is 2.29. The Morgan fingerprint density at radius 3 is 2.48 bits per heavy atom. The van der Waals surface area contributed by atoms with Crippen LogP contribution < -0.4 is 9.62 Å². The molecule has 0 unspecified atom stereocenters. The van der Waals surface area contributed by atoms with Crippen molar-refractivity contribution >= 4 is 38.9 Å². The Labute approximate surface area is 186 Å². The number of amides is 1. The van der Waals surface area contributed by atoms with Gasteiger partial charge in [-0.2, -0.15) is 0 Å². The molecule has 0 atom stereocenters. The van der Waals surface area contributed by atoms with E-state index in [0.29, 0.717) is 5.69 Å². The minimum atomic E-state index is -4.00. The molecule has 2 N–H and O–H groups in total. The fourth-order valence-electron chi connectivity index (χ4n) is 2.96. The predicted octanol–water partition coefficient (Wildman–Crippen LogP) is 4.99. The van der Waals surface area contributed by atoms with Gasteiger partial charge >= 0.3 is 0 Å². The molecule has 6 nitrogen and oxygen atoms in total. The van der Waals surface area contributed by atoms with Crippen molar-refractivity contribution in [3.05, 3.63) is 95.5 Å². The number of para-hydroxylation sites is 1. The topological polar surface area (TPSA) is 86.7 Å². The minimum absolute atomic E-state index is 0.0330. The number of sulfonamides is 1. The van der Waals surface area contributed by atoms with Crippen molar-refractivity contribution in [2.45, 2.75) is 11.8 Å². The average Bonchev–Trinajstić information content (AvgIpc) is 2.74. The number of hydrogen-bond donors (Lipinski definition) is 2. The van der Waals surface area contributed by atoms with E-state index >= 15 is 0 Å². The molecule has 0 saturated heterocycles. The fourth-order valence-corrected chi connectivity index (χ4v) is 4.62. The van der Waals surface area contributed by atoms with Crippen molar-refractivity contribution in [3.63, 3.8) is 0 Å². The Bertz CT molecular complexity index is 1230. The lowest BCUT2D eigenvalue weighted by atomic mass is 10.2. The monoisotopic (exact) mass is 456 g/mol. The fraction of sp³-hybridized carbons (Fsp3) is 0.0870. The molecule has 8 heteroatoms. The van der Waals surface area contributed by atoms with Crippen molar-refractivity contribution < 1.29 is 18.3 Å². The van der Waals surface area contributed by atoms with Gasteiger partial charge < -0.3 is 10.4 Å². The van der Waals surface area contributed by atoms with Gasteiger partial charge in [-0.25, -0.2) is 8.42 Å². The first kappa shape index (κ1) is 22.4. The van der Waals surface area contributed by atoms with E-state index in [-0.39, 0.29) is 33.5 Å². The lowest BCUT2D eigenvalue weighted by Gasteiger charge is -2.23. The maximum absolute atomic E-state index is 13.3. The van der Waals surface area contributed by atoms with Gasteiger partial charge in [-0.1, -0.05) is 41.9 Å². The molecule has 0 spiro atoms. The summed E-state index contributed by atoms with van der Waals surface area (Å²) in [5.41, 5.74) is 1.45. The molecule has 0 aliphatic rings. The number of benzene rings is 3. The summed E-state index contributed by atoms with van der Waals surface area (Å²) in [4.78, 5) is 12.7. The van der Waals surface area contributed by atoms with Gasteiger partial charge in [-0.3, -0.25) is 9.10 Å². The zero-order valence-electron chi connectivity index (χ0n) is 16.7. The maximum Gasteiger partial charge on any atom is 0.264 e. The molecule has 0 heterocycles. The van der Waals surface area contributed by atoms with Crippen LogP contribution in [0.5, 0.6) is 5.75 Å². The summed E-state index contributed by atoms with van der Waals surface area (Å²) in [7, 11) is -4.00. The summed E-state index contributed by atoms with van der Waals surface area (Å²) in [5, 5.41) is 12.7. The molecule has 3 aromatic rings. The second-order valence-corrected chi connectivity index (χ2v) is 9.05. The molecular weight excluding hydrogens is 436 g/mol. The molecule has 3 rings (SSSR count). The number of aromatic hydroxyl groups is 1. The maximum atomic E-state index is 13.3. The van der Waals surface area contributed by atoms with Crippen LogP contribution in [0.25, 0.3) is 0 Å². The molecule has 31 heavy (non-hydrogen) atoms. The first-order valence-electron chi connectivity index (χ1n) is 9.33. The van der Waals surface area contributed by atoms with Gasteiger partial charge in [0.2, 0.25) is 0 Å². The van der Waals surface area contributed by atoms with Gasteiger partial charge in [0.25, 0.3) is 15.9 Å². The van der Waals surface area contributed by atoms with E-state index in [2.05, 4.69) is 11.9 Å². The van der Waals surface area contributed by atoms with Gasteiger partial charge in [-0.15, -0.1) is 6.58 Å². The molecule has 1 amide bonds. The number of phenolic OH excluding ortho intramolecular Hbond substituents is 1. The van der Waals surface area contributed by atoms with E-state index in [1.165, 1.54) is 34.6 Å². The van der Waals surface area contributed by atoms with E-state index in [0.717, 1.165) is 5.56 Å². The van der Waals surface area contributed by atoms with E-state index in [1.807, 2.05) is 0 Å². The SMILES string of the molecule is C=CCN(c1ccccc1)S(=O)(=O)c1ccc(Cl)c(C(=O)Nc2ccc(C)cc2O)c1. The summed E-state index contributed by atoms with van der Waals surface area (Å²) < 4.78 is 27.8. The van der Waals surface area contributed by atoms with E-state index in [4.69, 9.17) is 11.6 Å². The first-order chi connectivity index (χ1) is 14.7. The molecule has 160 valence electrons. The summed E-state index contributed by atoms with van der Waals surface area (Å²) in [6.45, 7) is 5.49. The normalized spacial score (nSPS) is 11.0. The van der Waals surface area contributed by atoms with Crippen molar-refractivity contribution in [2.24, 2.45) is 0 Å². The largest absolute Gasteiger partial charge is 0.506 e. The number of nitrogens with zero attached hydrogens (tertiary/aromatic N) is 1. The lowest BCUT2D eigenvalue weighted by Crippen LogP contribution is -2.31. The van der Waals surface area contributed by atoms with Crippen molar-refractivity contribution in [1.82, 2.24) is 0 Å². The number of aryl methyl sites for hydroxylation is 1. The van der Waals surface area contributed by atoms with Crippen LogP contribution >= 0.6 is 11.6 Å². The molecule has 0 fully saturated rings. The van der Waals surface area contributed by atoms with Crippen molar-refractivity contribution in [2.75, 3.05) is 16.2 Å². The summed E-state index contributed by atoms with van der Waals surface area (Å²) >= 11 is 6.18. The number of anilines is 2. The van der Waals surface area contributed by atoms with Gasteiger partial charge in [0.1, 0.15) is 5.75 Å². The zero-order valence-corrected chi connectivity index (χ0v) is 18.3. The third-order valence-corrected chi connectivity index (χ3v) is 6.63. The van der Waals surface area contributed by atoms with Crippen LogP contribution in [0.4, 0.5) is 11.4 Å². The van der Waals surface area contributed by atoms with Crippen LogP contribution in [0.2, 0.25) is 5.02 Å². The van der Waals surface area contributed by atoms with Crippen molar-refractivity contribution in [3.8, 4) is 5.75 Å². The number of rotatable bonds is 7. The van der Waals surface area contributed by atoms with E-state index in [9.17, 15) is 18.3 Å². The standard InChI is InChI=1S/C23H21ClN2O4S/c1-3-13-26(17-7-5-4-6-8-17)31(29,30)18-10-11-20(24)19(15-18)23(28)25-21-12-9-16(2)14-22(21)27/h3-12,14-15,27H,1,13H2,2H3,(H,25,28). The predicted molar refractivity (Wildman–Crippen MR) is 123 cm³/mol. The summed E-state index contributed by atoms with van der Waals surface area (Å²) in [6.07, 6.45) is 1.48. The van der Waals surface area contributed by atoms with Gasteiger partial charge in [-0.05, 0) is 55.0 Å². The number of nitrogens with one attached hydrogen (secondary N) is 1. The molecule has 0 aromatic heterocycles. The number of carbonyl (C=O) groups excluding carboxylic acids is 1. The Balaban J connectivity index is 1.98. The Morgan fingerprint density at radius 1 is 1.13 bits per heavy atom. The Hall–Kier alpha value is -3.29. The molecule has 0 aliphatic heterocycles. The summed E-state index contributed by atoms with van der Waals surface area (Å²) in [5.74, 6) is -0.745. The highest BCUT2D eigenvalue weighted by atomic mass is 35.5. The number of phenols is 1. The second-order valence-electron chi connectivity index (χ2n) is 6.78. The van der Waals surface area contributed by atoms with Crippen molar-refractivity contribution in [1.29, 1.82) is 0 Å². The number of carbonyl (C=O) groups is 1. The van der Waals surface area contributed by atoms with E-state index < -0.39 is 15.9 Å². The van der Waals surface area contributed by atoms with Crippen LogP contribution in [0, 0.1) is 6.92 Å². The minimum Gasteiger partial charge on any atom is -0.506 e. The molecule has 0 saturated carbocycles. The third-order valence-electron chi connectivity index (χ3n) is 4.51. The number of hydrogen-bond acceptors (Lipinski definition) is 4. The molecule has 0 radical (unpaired) electrons. The molecule has 0 aliphatic carbocycles. The Kier molecular flexibility index (Phi) is 6.68. The number of halogens is 1. The molecule has 0 bridgehead atoms. The van der Waals surface area contributed by atoms with Crippen LogP contribution in [0.3, 0.4) is 0 Å². The van der Waals surface area contributed by atoms with Crippen LogP contribution in [0.1, 0.15) is 15.9 Å². The second kappa shape index (κ2) is 9.24. The van der Waals surface area contributed by atoms with Crippen LogP contribution in [-0.2, 0) is 10.0 Å². The highest BCUT2D eigenvalue weighted by molar-refractivity contribution is 7.92. The van der Waals surface area contributed by atoms with Gasteiger partial charge in [0, 0.05) is 0 Å². The zero-order chi connectivity index (χ0) is 22.6. The Morgan fingerprint density at radius 2 is 1.84 bits per heavy atom. The first-order valence-corrected chi connectivity index (χ1v) is 11.1. The van der Waals surface area contributed by atoms with E-state index in [1.54, 1.807) is 49.4 Å². The smallest absolute Gasteiger partial charge is 0.264 e. The van der Waals surface area contributed by atoms with Crippen LogP contribution in [0.15, 0.2) is 84.3 Å². The average molecular weight is 457 g/mol. The van der Waals surface area contributed by atoms with Gasteiger partial charge in [0.15, 0.2) is 0 Å². The van der Waals surface area contributed by atoms with Crippen LogP contribution in [-0.4, -0.2) is 26.0 Å².